The second-order valence-corrected chi connectivity index (χ2v) is 11.9. The molecule has 5 aromatic rings. The Hall–Kier alpha value is -3.38. The number of nitrogens with zero attached hydrogens (tertiary/aromatic N) is 1. The molecule has 0 atom stereocenters. The molecule has 4 nitrogen and oxygen atoms in total. The molecule has 38 heavy (non-hydrogen) atoms. The van der Waals surface area contributed by atoms with Gasteiger partial charge in [-0.15, -0.1) is 0 Å². The molecule has 0 unspecified atom stereocenters. The maximum atomic E-state index is 13.0. The number of fused-ring (bicyclic) bond motifs is 1. The largest absolute Gasteiger partial charge is 0.333 e. The summed E-state index contributed by atoms with van der Waals surface area (Å²) in [7, 11) is -3.50. The van der Waals surface area contributed by atoms with E-state index in [1.807, 2.05) is 62.4 Å². The van der Waals surface area contributed by atoms with E-state index < -0.39 is 10.0 Å². The Kier molecular flexibility index (Phi) is 7.70. The van der Waals surface area contributed by atoms with E-state index >= 15 is 0 Å². The third kappa shape index (κ3) is 5.70. The first-order valence-corrected chi connectivity index (χ1v) is 14.8. The summed E-state index contributed by atoms with van der Waals surface area (Å²) in [5, 5.41) is 1.70. The van der Waals surface area contributed by atoms with Gasteiger partial charge in [0.1, 0.15) is 0 Å². The second-order valence-electron chi connectivity index (χ2n) is 9.71. The Bertz CT molecular complexity index is 1600. The minimum Gasteiger partial charge on any atom is -0.333 e. The van der Waals surface area contributed by atoms with Gasteiger partial charge in [0, 0.05) is 34.6 Å². The monoisotopic (exact) mass is 542 g/mol. The molecule has 4 aromatic carbocycles. The van der Waals surface area contributed by atoms with Crippen molar-refractivity contribution < 1.29 is 8.42 Å². The molecule has 0 saturated carbocycles. The average Bonchev–Trinajstić information content (AvgIpc) is 3.24. The number of rotatable bonds is 9. The quantitative estimate of drug-likeness (QED) is 0.214. The fourth-order valence-electron chi connectivity index (χ4n) is 5.18. The van der Waals surface area contributed by atoms with E-state index in [2.05, 4.69) is 63.9 Å². The smallest absolute Gasteiger partial charge is 0.215 e. The molecule has 6 heteroatoms. The fraction of sp³-hybridized carbons (Fsp3) is 0.188. The molecule has 0 radical (unpaired) electrons. The average molecular weight is 543 g/mol. The Morgan fingerprint density at radius 1 is 0.789 bits per heavy atom. The van der Waals surface area contributed by atoms with Gasteiger partial charge in [0.15, 0.2) is 0 Å². The molecule has 1 N–H and O–H groups in total. The number of aryl methyl sites for hydroxylation is 2. The summed E-state index contributed by atoms with van der Waals surface area (Å²) in [5.74, 6) is -0.0270. The van der Waals surface area contributed by atoms with Gasteiger partial charge in [0.2, 0.25) is 10.0 Å². The zero-order valence-electron chi connectivity index (χ0n) is 21.6. The summed E-state index contributed by atoms with van der Waals surface area (Å²) in [5.41, 5.74) is 7.24. The Morgan fingerprint density at radius 2 is 1.39 bits per heavy atom. The lowest BCUT2D eigenvalue weighted by Gasteiger charge is -2.24. The van der Waals surface area contributed by atoms with Gasteiger partial charge >= 0.3 is 0 Å². The van der Waals surface area contributed by atoms with Gasteiger partial charge in [-0.25, -0.2) is 13.1 Å². The van der Waals surface area contributed by atoms with Crippen molar-refractivity contribution in [1.29, 1.82) is 0 Å². The van der Waals surface area contributed by atoms with Crippen molar-refractivity contribution in [2.45, 2.75) is 32.1 Å². The van der Waals surface area contributed by atoms with Crippen LogP contribution in [0.5, 0.6) is 0 Å². The molecule has 5 rings (SSSR count). The van der Waals surface area contributed by atoms with Crippen molar-refractivity contribution in [2.24, 2.45) is 0 Å². The minimum absolute atomic E-state index is 0.0270. The summed E-state index contributed by atoms with van der Waals surface area (Å²) in [6.45, 7) is 4.21. The van der Waals surface area contributed by atoms with Crippen molar-refractivity contribution in [3.63, 3.8) is 0 Å². The summed E-state index contributed by atoms with van der Waals surface area (Å²) >= 11 is 6.36. The lowest BCUT2D eigenvalue weighted by atomic mass is 9.98. The van der Waals surface area contributed by atoms with Gasteiger partial charge in [-0.2, -0.15) is 0 Å². The molecule has 0 aliphatic rings. The van der Waals surface area contributed by atoms with Gasteiger partial charge < -0.3 is 4.57 Å². The summed E-state index contributed by atoms with van der Waals surface area (Å²) in [4.78, 5) is 0. The third-order valence-corrected chi connectivity index (χ3v) is 8.60. The highest BCUT2D eigenvalue weighted by Crippen LogP contribution is 2.34. The predicted octanol–water partition coefficient (Wildman–Crippen LogP) is 7.21. The van der Waals surface area contributed by atoms with Crippen LogP contribution in [0, 0.1) is 13.8 Å². The number of hydrogen-bond donors (Lipinski definition) is 1. The summed E-state index contributed by atoms with van der Waals surface area (Å²) in [6, 6.07) is 34.6. The van der Waals surface area contributed by atoms with Crippen molar-refractivity contribution in [1.82, 2.24) is 9.29 Å². The lowest BCUT2D eigenvalue weighted by Crippen LogP contribution is -2.28. The van der Waals surface area contributed by atoms with Crippen molar-refractivity contribution in [2.75, 3.05) is 6.54 Å². The van der Waals surface area contributed by atoms with Crippen LogP contribution in [0.2, 0.25) is 5.02 Å². The van der Waals surface area contributed by atoms with Crippen molar-refractivity contribution in [3.05, 3.63) is 142 Å². The zero-order chi connectivity index (χ0) is 26.7. The number of halogens is 1. The number of hydrogen-bond acceptors (Lipinski definition) is 2. The highest BCUT2D eigenvalue weighted by atomic mass is 35.5. The molecule has 0 bridgehead atoms. The Balaban J connectivity index is 1.50. The zero-order valence-corrected chi connectivity index (χ0v) is 23.1. The molecule has 0 amide bonds. The second kappa shape index (κ2) is 11.2. The van der Waals surface area contributed by atoms with Crippen LogP contribution < -0.4 is 4.72 Å². The van der Waals surface area contributed by atoms with Gasteiger partial charge in [0.25, 0.3) is 0 Å². The summed E-state index contributed by atoms with van der Waals surface area (Å²) < 4.78 is 31.2. The highest BCUT2D eigenvalue weighted by Gasteiger charge is 2.22. The molecule has 0 aliphatic heterocycles. The SMILES string of the molecule is Cc1cccc(C)c1CS(=O)(=O)NCCc1cc2cc(Cl)ccc2n1C(c1ccccc1)c1ccccc1. The van der Waals surface area contributed by atoms with Gasteiger partial charge in [-0.05, 0) is 65.9 Å². The number of benzene rings is 4. The Morgan fingerprint density at radius 3 is 2.00 bits per heavy atom. The Labute approximate surface area is 230 Å². The van der Waals surface area contributed by atoms with Crippen LogP contribution in [0.15, 0.2) is 103 Å². The molecular formula is C32H31ClN2O2S. The van der Waals surface area contributed by atoms with Crippen LogP contribution in [0.25, 0.3) is 10.9 Å². The number of sulfonamides is 1. The van der Waals surface area contributed by atoms with Crippen LogP contribution >= 0.6 is 11.6 Å². The highest BCUT2D eigenvalue weighted by molar-refractivity contribution is 7.88. The fourth-order valence-corrected chi connectivity index (χ4v) is 6.71. The van der Waals surface area contributed by atoms with Crippen molar-refractivity contribution in [3.8, 4) is 0 Å². The van der Waals surface area contributed by atoms with Gasteiger partial charge in [-0.3, -0.25) is 0 Å². The molecule has 0 spiro atoms. The van der Waals surface area contributed by atoms with E-state index in [0.717, 1.165) is 44.4 Å². The van der Waals surface area contributed by atoms with Gasteiger partial charge in [0.05, 0.1) is 11.8 Å². The van der Waals surface area contributed by atoms with Crippen LogP contribution in [0.1, 0.15) is 39.6 Å². The molecule has 0 saturated heterocycles. The molecule has 1 heterocycles. The van der Waals surface area contributed by atoms with E-state index in [-0.39, 0.29) is 11.8 Å². The molecular weight excluding hydrogens is 512 g/mol. The molecule has 194 valence electrons. The first-order valence-electron chi connectivity index (χ1n) is 12.7. The van der Waals surface area contributed by atoms with E-state index in [1.54, 1.807) is 0 Å². The van der Waals surface area contributed by atoms with E-state index in [0.29, 0.717) is 18.0 Å². The molecule has 0 fully saturated rings. The van der Waals surface area contributed by atoms with Crippen LogP contribution in [0.4, 0.5) is 0 Å². The van der Waals surface area contributed by atoms with E-state index in [4.69, 9.17) is 11.6 Å². The predicted molar refractivity (Wildman–Crippen MR) is 157 cm³/mol. The lowest BCUT2D eigenvalue weighted by molar-refractivity contribution is 0.578. The van der Waals surface area contributed by atoms with Crippen LogP contribution in [-0.2, 0) is 22.2 Å². The van der Waals surface area contributed by atoms with Gasteiger partial charge in [-0.1, -0.05) is 90.5 Å². The maximum absolute atomic E-state index is 13.0. The van der Waals surface area contributed by atoms with Crippen LogP contribution in [0.3, 0.4) is 0 Å². The van der Waals surface area contributed by atoms with E-state index in [9.17, 15) is 8.42 Å². The topological polar surface area (TPSA) is 51.1 Å². The van der Waals surface area contributed by atoms with E-state index in [1.165, 1.54) is 0 Å². The number of aromatic nitrogens is 1. The van der Waals surface area contributed by atoms with Crippen LogP contribution in [-0.4, -0.2) is 19.5 Å². The first kappa shape index (κ1) is 26.2. The molecule has 1 aromatic heterocycles. The normalized spacial score (nSPS) is 11.9. The van der Waals surface area contributed by atoms with Crippen molar-refractivity contribution >= 4 is 32.5 Å². The minimum atomic E-state index is -3.50. The molecule has 0 aliphatic carbocycles. The first-order chi connectivity index (χ1) is 18.3. The third-order valence-electron chi connectivity index (χ3n) is 7.05. The number of nitrogens with one attached hydrogen (secondary N) is 1. The standard InChI is InChI=1S/C32H31ClN2O2S/c1-23-10-9-11-24(2)30(23)22-38(36,37)34-19-18-29-21-27-20-28(33)16-17-31(27)35(29)32(25-12-5-3-6-13-25)26-14-7-4-8-15-26/h3-17,20-21,32,34H,18-19,22H2,1-2H3. The summed E-state index contributed by atoms with van der Waals surface area (Å²) in [6.07, 6.45) is 0.536. The maximum Gasteiger partial charge on any atom is 0.215 e.